The van der Waals surface area contributed by atoms with Gasteiger partial charge in [-0.3, -0.25) is 19.5 Å². The van der Waals surface area contributed by atoms with Gasteiger partial charge in [-0.2, -0.15) is 0 Å². The Bertz CT molecular complexity index is 1750. The number of Topliss-reactive ketones (excluding diaryl/α,β-unsaturated/α-hetero) is 1. The molecule has 1 aliphatic heterocycles. The normalized spacial score (nSPS) is 13.3. The second-order valence-electron chi connectivity index (χ2n) is 11.7. The molecule has 2 amide bonds. The number of H-pyrrole nitrogens is 1. The number of nitrogens with zero attached hydrogens (tertiary/aromatic N) is 3. The van der Waals surface area contributed by atoms with Crippen molar-refractivity contribution < 1.29 is 32.6 Å². The molecule has 2 aromatic carbocycles. The lowest BCUT2D eigenvalue weighted by atomic mass is 10.0. The fraction of sp³-hybridized carbons (Fsp3) is 0.333. The van der Waals surface area contributed by atoms with E-state index in [2.05, 4.69) is 20.2 Å². The Morgan fingerprint density at radius 1 is 0.917 bits per heavy atom. The maximum Gasteiger partial charge on any atom is 0.409 e. The van der Waals surface area contributed by atoms with Crippen LogP contribution in [0.5, 0.6) is 11.5 Å². The van der Waals surface area contributed by atoms with Crippen molar-refractivity contribution in [1.29, 1.82) is 0 Å². The second kappa shape index (κ2) is 16.1. The number of benzene rings is 2. The average molecular weight is 660 g/mol. The van der Waals surface area contributed by atoms with Crippen molar-refractivity contribution in [2.45, 2.75) is 33.1 Å². The molecule has 1 saturated heterocycles. The van der Waals surface area contributed by atoms with Crippen molar-refractivity contribution in [1.82, 2.24) is 25.1 Å². The van der Waals surface area contributed by atoms with Crippen LogP contribution in [-0.4, -0.2) is 83.4 Å². The SMILES string of the molecule is CCOC(=O)N1CCN(CCCNC(=O)c2c[nH]c(-c3cc(Oc4ccc(CC(=O)Cc5cc(C)ccc5F)c(F)c4)ccn3)c2)CC1. The molecule has 0 saturated carbocycles. The van der Waals surface area contributed by atoms with E-state index in [9.17, 15) is 23.2 Å². The van der Waals surface area contributed by atoms with Gasteiger partial charge >= 0.3 is 6.09 Å². The van der Waals surface area contributed by atoms with Crippen molar-refractivity contribution in [2.24, 2.45) is 0 Å². The topological polar surface area (TPSA) is 117 Å². The molecule has 48 heavy (non-hydrogen) atoms. The number of aromatic amines is 1. The van der Waals surface area contributed by atoms with Gasteiger partial charge in [0.05, 0.1) is 23.6 Å². The Balaban J connectivity index is 1.09. The van der Waals surface area contributed by atoms with Gasteiger partial charge in [0.2, 0.25) is 0 Å². The molecule has 0 aliphatic carbocycles. The lowest BCUT2D eigenvalue weighted by Gasteiger charge is -2.33. The minimum absolute atomic E-state index is 0.119. The van der Waals surface area contributed by atoms with Crippen LogP contribution in [0.4, 0.5) is 13.6 Å². The Morgan fingerprint density at radius 2 is 1.69 bits per heavy atom. The molecule has 0 radical (unpaired) electrons. The predicted octanol–water partition coefficient (Wildman–Crippen LogP) is 5.70. The van der Waals surface area contributed by atoms with Crippen molar-refractivity contribution in [3.63, 3.8) is 0 Å². The Hall–Kier alpha value is -5.10. The first kappa shape index (κ1) is 34.2. The Morgan fingerprint density at radius 3 is 2.46 bits per heavy atom. The highest BCUT2D eigenvalue weighted by atomic mass is 19.1. The number of ether oxygens (including phenoxy) is 2. The predicted molar refractivity (Wildman–Crippen MR) is 176 cm³/mol. The Labute approximate surface area is 278 Å². The van der Waals surface area contributed by atoms with Crippen LogP contribution >= 0.6 is 0 Å². The third-order valence-corrected chi connectivity index (χ3v) is 8.02. The van der Waals surface area contributed by atoms with E-state index in [1.54, 1.807) is 60.6 Å². The summed E-state index contributed by atoms with van der Waals surface area (Å²) in [6.07, 6.45) is 3.37. The smallest absolute Gasteiger partial charge is 0.409 e. The zero-order chi connectivity index (χ0) is 34.0. The number of rotatable bonds is 13. The van der Waals surface area contributed by atoms with Crippen LogP contribution in [0.1, 0.15) is 40.4 Å². The zero-order valence-corrected chi connectivity index (χ0v) is 27.1. The van der Waals surface area contributed by atoms with Crippen LogP contribution in [0.25, 0.3) is 11.4 Å². The molecule has 0 bridgehead atoms. The van der Waals surface area contributed by atoms with E-state index in [1.165, 1.54) is 18.2 Å². The number of carbonyl (C=O) groups excluding carboxylic acids is 3. The summed E-state index contributed by atoms with van der Waals surface area (Å²) < 4.78 is 39.9. The molecule has 0 unspecified atom stereocenters. The molecule has 0 spiro atoms. The lowest BCUT2D eigenvalue weighted by molar-refractivity contribution is -0.117. The number of amides is 2. The maximum absolute atomic E-state index is 14.9. The van der Waals surface area contributed by atoms with Crippen LogP contribution < -0.4 is 10.1 Å². The number of hydrogen-bond acceptors (Lipinski definition) is 7. The molecule has 1 fully saturated rings. The number of halogens is 2. The third-order valence-electron chi connectivity index (χ3n) is 8.02. The van der Waals surface area contributed by atoms with E-state index in [0.29, 0.717) is 54.5 Å². The first-order valence-electron chi connectivity index (χ1n) is 16.0. The van der Waals surface area contributed by atoms with Gasteiger partial charge in [0, 0.05) is 70.1 Å². The highest BCUT2D eigenvalue weighted by Crippen LogP contribution is 2.27. The van der Waals surface area contributed by atoms with E-state index in [1.807, 2.05) is 6.92 Å². The minimum atomic E-state index is -0.601. The molecule has 252 valence electrons. The van der Waals surface area contributed by atoms with Gasteiger partial charge in [0.1, 0.15) is 28.9 Å². The second-order valence-corrected chi connectivity index (χ2v) is 11.7. The standard InChI is InChI=1S/C36H39F2N5O5/c1-3-47-36(46)43-15-13-42(14-16-43)12-4-10-40-35(45)27-20-33(41-23-27)34-22-30(9-11-39-34)48-29-7-6-25(32(38)21-29)18-28(44)19-26-17-24(2)5-8-31(26)37/h5-9,11,17,20-23,41H,3-4,10,12-16,18-19H2,1-2H3,(H,40,45). The van der Waals surface area contributed by atoms with E-state index in [-0.39, 0.29) is 41.9 Å². The van der Waals surface area contributed by atoms with Crippen LogP contribution in [0.2, 0.25) is 0 Å². The first-order chi connectivity index (χ1) is 23.2. The number of aryl methyl sites for hydroxylation is 1. The zero-order valence-electron chi connectivity index (χ0n) is 27.1. The molecule has 4 aromatic rings. The summed E-state index contributed by atoms with van der Waals surface area (Å²) in [5.41, 5.74) is 2.92. The molecule has 2 aromatic heterocycles. The van der Waals surface area contributed by atoms with Gasteiger partial charge < -0.3 is 24.7 Å². The Kier molecular flexibility index (Phi) is 11.5. The van der Waals surface area contributed by atoms with Crippen molar-refractivity contribution in [3.05, 3.63) is 101 Å². The fourth-order valence-electron chi connectivity index (χ4n) is 5.47. The van der Waals surface area contributed by atoms with Gasteiger partial charge in [-0.25, -0.2) is 13.6 Å². The number of ketones is 1. The molecule has 12 heteroatoms. The third kappa shape index (κ3) is 9.25. The molecule has 2 N–H and O–H groups in total. The quantitative estimate of drug-likeness (QED) is 0.177. The summed E-state index contributed by atoms with van der Waals surface area (Å²) >= 11 is 0. The summed E-state index contributed by atoms with van der Waals surface area (Å²) in [6, 6.07) is 13.8. The number of aromatic nitrogens is 2. The van der Waals surface area contributed by atoms with Gasteiger partial charge in [0.25, 0.3) is 5.91 Å². The molecule has 3 heterocycles. The van der Waals surface area contributed by atoms with Crippen molar-refractivity contribution in [3.8, 4) is 22.9 Å². The average Bonchev–Trinajstić information content (AvgIpc) is 3.57. The summed E-state index contributed by atoms with van der Waals surface area (Å²) in [5, 5.41) is 2.94. The molecular formula is C36H39F2N5O5. The van der Waals surface area contributed by atoms with E-state index >= 15 is 0 Å². The monoisotopic (exact) mass is 659 g/mol. The number of carbonyl (C=O) groups is 3. The number of piperazine rings is 1. The van der Waals surface area contributed by atoms with Crippen LogP contribution in [0.15, 0.2) is 67.0 Å². The van der Waals surface area contributed by atoms with Crippen molar-refractivity contribution >= 4 is 17.8 Å². The molecule has 10 nitrogen and oxygen atoms in total. The summed E-state index contributed by atoms with van der Waals surface area (Å²) in [4.78, 5) is 48.6. The number of pyridine rings is 1. The van der Waals surface area contributed by atoms with Crippen LogP contribution in [0.3, 0.4) is 0 Å². The number of hydrogen-bond donors (Lipinski definition) is 2. The first-order valence-corrected chi connectivity index (χ1v) is 16.0. The van der Waals surface area contributed by atoms with Gasteiger partial charge in [-0.1, -0.05) is 23.8 Å². The summed E-state index contributed by atoms with van der Waals surface area (Å²) in [7, 11) is 0. The fourth-order valence-corrected chi connectivity index (χ4v) is 5.47. The van der Waals surface area contributed by atoms with Gasteiger partial charge in [-0.05, 0) is 62.2 Å². The number of nitrogens with one attached hydrogen (secondary N) is 2. The van der Waals surface area contributed by atoms with Crippen molar-refractivity contribution in [2.75, 3.05) is 45.9 Å². The minimum Gasteiger partial charge on any atom is -0.457 e. The highest BCUT2D eigenvalue weighted by molar-refractivity contribution is 5.95. The van der Waals surface area contributed by atoms with E-state index < -0.39 is 11.6 Å². The molecule has 1 aliphatic rings. The molecule has 0 atom stereocenters. The van der Waals surface area contributed by atoms with Gasteiger partial charge in [0.15, 0.2) is 0 Å². The molecule has 5 rings (SSSR count). The van der Waals surface area contributed by atoms with E-state index in [0.717, 1.165) is 31.6 Å². The largest absolute Gasteiger partial charge is 0.457 e. The molecular weight excluding hydrogens is 620 g/mol. The van der Waals surface area contributed by atoms with E-state index in [4.69, 9.17) is 9.47 Å². The highest BCUT2D eigenvalue weighted by Gasteiger charge is 2.21. The lowest BCUT2D eigenvalue weighted by Crippen LogP contribution is -2.49. The summed E-state index contributed by atoms with van der Waals surface area (Å²) in [6.45, 7) is 8.08. The van der Waals surface area contributed by atoms with Gasteiger partial charge in [-0.15, -0.1) is 0 Å². The summed E-state index contributed by atoms with van der Waals surface area (Å²) in [5.74, 6) is -0.931. The maximum atomic E-state index is 14.9. The van der Waals surface area contributed by atoms with Crippen LogP contribution in [0, 0.1) is 18.6 Å². The van der Waals surface area contributed by atoms with Crippen LogP contribution in [-0.2, 0) is 22.4 Å².